The monoisotopic (exact) mass is 276 g/mol. The van der Waals surface area contributed by atoms with Crippen LogP contribution in [0.3, 0.4) is 0 Å². The molecule has 2 N–H and O–H groups in total. The van der Waals surface area contributed by atoms with Crippen LogP contribution in [0.1, 0.15) is 58.2 Å². The topological polar surface area (TPSA) is 49.8 Å². The number of hydrogen-bond donors (Lipinski definition) is 2. The van der Waals surface area contributed by atoms with Crippen molar-refractivity contribution in [3.05, 3.63) is 11.9 Å². The second-order valence-electron chi connectivity index (χ2n) is 5.66. The first kappa shape index (κ1) is 15.1. The van der Waals surface area contributed by atoms with E-state index in [0.29, 0.717) is 0 Å². The van der Waals surface area contributed by atoms with Gasteiger partial charge < -0.3 is 10.6 Å². The van der Waals surface area contributed by atoms with Gasteiger partial charge in [-0.05, 0) is 19.3 Å². The summed E-state index contributed by atoms with van der Waals surface area (Å²) in [7, 11) is 0. The van der Waals surface area contributed by atoms with Crippen LogP contribution in [0.2, 0.25) is 0 Å². The molecular formula is C16H28N4. The highest BCUT2D eigenvalue weighted by molar-refractivity contribution is 5.47. The Kier molecular flexibility index (Phi) is 6.09. The molecule has 0 atom stereocenters. The molecule has 1 aromatic heterocycles. The van der Waals surface area contributed by atoms with E-state index in [-0.39, 0.29) is 0 Å². The van der Waals surface area contributed by atoms with Crippen LogP contribution in [0.15, 0.2) is 6.07 Å². The van der Waals surface area contributed by atoms with E-state index in [2.05, 4.69) is 34.4 Å². The van der Waals surface area contributed by atoms with Crippen molar-refractivity contribution in [1.29, 1.82) is 0 Å². The molecule has 1 fully saturated rings. The largest absolute Gasteiger partial charge is 0.370 e. The molecule has 1 heterocycles. The lowest BCUT2D eigenvalue weighted by Gasteiger charge is -2.21. The zero-order valence-electron chi connectivity index (χ0n) is 12.9. The second kappa shape index (κ2) is 8.08. The molecule has 1 aliphatic carbocycles. The molecule has 0 bridgehead atoms. The number of hydrogen-bond acceptors (Lipinski definition) is 4. The van der Waals surface area contributed by atoms with Gasteiger partial charge in [0.05, 0.1) is 0 Å². The van der Waals surface area contributed by atoms with Gasteiger partial charge in [0.1, 0.15) is 17.5 Å². The molecule has 0 spiro atoms. The van der Waals surface area contributed by atoms with Gasteiger partial charge in [-0.25, -0.2) is 9.97 Å². The van der Waals surface area contributed by atoms with Crippen molar-refractivity contribution < 1.29 is 0 Å². The van der Waals surface area contributed by atoms with Crippen molar-refractivity contribution in [2.75, 3.05) is 23.7 Å². The van der Waals surface area contributed by atoms with Crippen LogP contribution in [-0.4, -0.2) is 23.1 Å². The molecule has 1 aromatic rings. The van der Waals surface area contributed by atoms with Gasteiger partial charge in [0.15, 0.2) is 0 Å². The third-order valence-electron chi connectivity index (χ3n) is 4.03. The Bertz CT molecular complexity index is 399. The minimum absolute atomic E-state index is 0.872. The Morgan fingerprint density at radius 3 is 2.40 bits per heavy atom. The zero-order valence-corrected chi connectivity index (χ0v) is 12.9. The minimum atomic E-state index is 0.872. The molecule has 0 aromatic carbocycles. The summed E-state index contributed by atoms with van der Waals surface area (Å²) in [6, 6.07) is 2.02. The molecule has 112 valence electrons. The Hall–Kier alpha value is -1.32. The highest BCUT2D eigenvalue weighted by Crippen LogP contribution is 2.26. The summed E-state index contributed by atoms with van der Waals surface area (Å²) in [6.07, 6.45) is 9.23. The molecular weight excluding hydrogens is 248 g/mol. The molecule has 0 amide bonds. The SMILES string of the molecule is CCNc1cc(NCCC2CCCCC2)nc(CC)n1. The maximum absolute atomic E-state index is 4.55. The maximum Gasteiger partial charge on any atom is 0.132 e. The summed E-state index contributed by atoms with van der Waals surface area (Å²) in [5.74, 6) is 3.71. The van der Waals surface area contributed by atoms with E-state index >= 15 is 0 Å². The van der Waals surface area contributed by atoms with E-state index in [1.54, 1.807) is 0 Å². The molecule has 1 saturated carbocycles. The Labute approximate surface area is 122 Å². The number of nitrogens with one attached hydrogen (secondary N) is 2. The summed E-state index contributed by atoms with van der Waals surface area (Å²) in [5, 5.41) is 6.75. The van der Waals surface area contributed by atoms with Gasteiger partial charge in [-0.3, -0.25) is 0 Å². The summed E-state index contributed by atoms with van der Waals surface area (Å²) in [6.45, 7) is 6.10. The quantitative estimate of drug-likeness (QED) is 0.794. The third kappa shape index (κ3) is 4.66. The van der Waals surface area contributed by atoms with Crippen molar-refractivity contribution in [2.45, 2.75) is 58.8 Å². The van der Waals surface area contributed by atoms with Gasteiger partial charge in [-0.2, -0.15) is 0 Å². The maximum atomic E-state index is 4.55. The van der Waals surface area contributed by atoms with Gasteiger partial charge in [0, 0.05) is 25.6 Å². The Morgan fingerprint density at radius 2 is 1.75 bits per heavy atom. The predicted octanol–water partition coefficient (Wildman–Crippen LogP) is 3.85. The van der Waals surface area contributed by atoms with Crippen LogP contribution in [-0.2, 0) is 6.42 Å². The van der Waals surface area contributed by atoms with E-state index in [4.69, 9.17) is 0 Å². The first-order chi connectivity index (χ1) is 9.81. The van der Waals surface area contributed by atoms with Crippen LogP contribution in [0.5, 0.6) is 0 Å². The number of aromatic nitrogens is 2. The first-order valence-corrected chi connectivity index (χ1v) is 8.17. The number of rotatable bonds is 7. The van der Waals surface area contributed by atoms with Gasteiger partial charge in [0.25, 0.3) is 0 Å². The highest BCUT2D eigenvalue weighted by Gasteiger charge is 2.12. The Balaban J connectivity index is 1.85. The van der Waals surface area contributed by atoms with Crippen molar-refractivity contribution in [3.8, 4) is 0 Å². The zero-order chi connectivity index (χ0) is 14.2. The minimum Gasteiger partial charge on any atom is -0.370 e. The van der Waals surface area contributed by atoms with Crippen LogP contribution in [0, 0.1) is 5.92 Å². The van der Waals surface area contributed by atoms with E-state index in [1.807, 2.05) is 6.07 Å². The van der Waals surface area contributed by atoms with E-state index in [9.17, 15) is 0 Å². The summed E-state index contributed by atoms with van der Waals surface area (Å²) < 4.78 is 0. The molecule has 1 aliphatic rings. The van der Waals surface area contributed by atoms with Gasteiger partial charge in [-0.1, -0.05) is 39.0 Å². The number of anilines is 2. The normalized spacial score (nSPS) is 16.1. The van der Waals surface area contributed by atoms with E-state index in [1.165, 1.54) is 38.5 Å². The van der Waals surface area contributed by atoms with Gasteiger partial charge in [-0.15, -0.1) is 0 Å². The lowest BCUT2D eigenvalue weighted by atomic mass is 9.87. The molecule has 4 heteroatoms. The van der Waals surface area contributed by atoms with E-state index in [0.717, 1.165) is 42.9 Å². The Morgan fingerprint density at radius 1 is 1.05 bits per heavy atom. The molecule has 0 radical (unpaired) electrons. The van der Waals surface area contributed by atoms with Gasteiger partial charge >= 0.3 is 0 Å². The lowest BCUT2D eigenvalue weighted by molar-refractivity contribution is 0.345. The fourth-order valence-electron chi connectivity index (χ4n) is 2.90. The fraction of sp³-hybridized carbons (Fsp3) is 0.750. The van der Waals surface area contributed by atoms with Crippen molar-refractivity contribution >= 4 is 11.6 Å². The molecule has 20 heavy (non-hydrogen) atoms. The predicted molar refractivity (Wildman–Crippen MR) is 85.3 cm³/mol. The smallest absolute Gasteiger partial charge is 0.132 e. The van der Waals surface area contributed by atoms with Gasteiger partial charge in [0.2, 0.25) is 0 Å². The number of nitrogens with zero attached hydrogens (tertiary/aromatic N) is 2. The van der Waals surface area contributed by atoms with Crippen LogP contribution < -0.4 is 10.6 Å². The standard InChI is InChI=1S/C16H28N4/c1-3-14-19-15(17-4-2)12-16(20-14)18-11-10-13-8-6-5-7-9-13/h12-13H,3-11H2,1-2H3,(H2,17,18,19,20). The third-order valence-corrected chi connectivity index (χ3v) is 4.03. The lowest BCUT2D eigenvalue weighted by Crippen LogP contribution is -2.13. The van der Waals surface area contributed by atoms with Crippen LogP contribution in [0.4, 0.5) is 11.6 Å². The van der Waals surface area contributed by atoms with Crippen LogP contribution in [0.25, 0.3) is 0 Å². The first-order valence-electron chi connectivity index (χ1n) is 8.17. The number of aryl methyl sites for hydroxylation is 1. The summed E-state index contributed by atoms with van der Waals surface area (Å²) >= 11 is 0. The average Bonchev–Trinajstić information content (AvgIpc) is 2.48. The van der Waals surface area contributed by atoms with Crippen molar-refractivity contribution in [1.82, 2.24) is 9.97 Å². The summed E-state index contributed by atoms with van der Waals surface area (Å²) in [4.78, 5) is 9.03. The molecule has 2 rings (SSSR count). The van der Waals surface area contributed by atoms with Crippen LogP contribution >= 0.6 is 0 Å². The fourth-order valence-corrected chi connectivity index (χ4v) is 2.90. The average molecular weight is 276 g/mol. The highest BCUT2D eigenvalue weighted by atomic mass is 15.1. The van der Waals surface area contributed by atoms with E-state index < -0.39 is 0 Å². The van der Waals surface area contributed by atoms with Crippen molar-refractivity contribution in [2.24, 2.45) is 5.92 Å². The molecule has 4 nitrogen and oxygen atoms in total. The molecule has 0 unspecified atom stereocenters. The molecule has 0 saturated heterocycles. The molecule has 0 aliphatic heterocycles. The van der Waals surface area contributed by atoms with Crippen molar-refractivity contribution in [3.63, 3.8) is 0 Å². The summed E-state index contributed by atoms with van der Waals surface area (Å²) in [5.41, 5.74) is 0. The second-order valence-corrected chi connectivity index (χ2v) is 5.66.